The summed E-state index contributed by atoms with van der Waals surface area (Å²) < 4.78 is 14.3. The molecule has 0 heterocycles. The molecule has 4 nitrogen and oxygen atoms in total. The zero-order chi connectivity index (χ0) is 24.3. The minimum Gasteiger partial charge on any atom is -0.338 e. The third-order valence-corrected chi connectivity index (χ3v) is 6.14. The molecule has 0 saturated carbocycles. The van der Waals surface area contributed by atoms with Crippen LogP contribution in [0.2, 0.25) is 0 Å². The number of carbonyl (C=O) groups is 2. The topological polar surface area (TPSA) is 40.6 Å². The predicted molar refractivity (Wildman–Crippen MR) is 134 cm³/mol. The summed E-state index contributed by atoms with van der Waals surface area (Å²) in [6, 6.07) is 25.9. The molecule has 0 aliphatic heterocycles. The molecule has 3 aromatic carbocycles. The van der Waals surface area contributed by atoms with Gasteiger partial charge >= 0.3 is 0 Å². The van der Waals surface area contributed by atoms with Gasteiger partial charge in [0.2, 0.25) is 5.91 Å². The summed E-state index contributed by atoms with van der Waals surface area (Å²) in [6.07, 6.45) is 1.66. The molecule has 3 rings (SSSR count). The number of rotatable bonds is 11. The fraction of sp³-hybridized carbons (Fsp3) is 0.310. The fourth-order valence-electron chi connectivity index (χ4n) is 3.91. The second-order valence-electron chi connectivity index (χ2n) is 8.52. The highest BCUT2D eigenvalue weighted by Crippen LogP contribution is 2.16. The van der Waals surface area contributed by atoms with Crippen molar-refractivity contribution in [1.82, 2.24) is 9.80 Å². The van der Waals surface area contributed by atoms with Gasteiger partial charge in [0, 0.05) is 32.1 Å². The van der Waals surface area contributed by atoms with Crippen molar-refractivity contribution in [2.45, 2.75) is 45.7 Å². The zero-order valence-corrected chi connectivity index (χ0v) is 20.0. The summed E-state index contributed by atoms with van der Waals surface area (Å²) in [5, 5.41) is 0. The maximum absolute atomic E-state index is 14.3. The molecule has 0 aliphatic rings. The van der Waals surface area contributed by atoms with Crippen LogP contribution < -0.4 is 0 Å². The molecule has 0 aliphatic carbocycles. The fourth-order valence-corrected chi connectivity index (χ4v) is 3.91. The van der Waals surface area contributed by atoms with Crippen LogP contribution in [0.3, 0.4) is 0 Å². The van der Waals surface area contributed by atoms with Gasteiger partial charge in [-0.15, -0.1) is 0 Å². The Morgan fingerprint density at radius 3 is 2.03 bits per heavy atom. The minimum atomic E-state index is -0.541. The molecule has 0 aromatic heterocycles. The first-order chi connectivity index (χ1) is 16.5. The van der Waals surface area contributed by atoms with E-state index in [9.17, 15) is 14.0 Å². The van der Waals surface area contributed by atoms with Gasteiger partial charge in [-0.05, 0) is 43.0 Å². The lowest BCUT2D eigenvalue weighted by atomic mass is 10.1. The van der Waals surface area contributed by atoms with E-state index in [1.807, 2.05) is 67.3 Å². The van der Waals surface area contributed by atoms with Crippen LogP contribution in [-0.2, 0) is 17.8 Å². The third-order valence-electron chi connectivity index (χ3n) is 6.14. The molecule has 5 heteroatoms. The first kappa shape index (κ1) is 25.2. The molecule has 34 heavy (non-hydrogen) atoms. The summed E-state index contributed by atoms with van der Waals surface area (Å²) in [4.78, 5) is 29.9. The van der Waals surface area contributed by atoms with Gasteiger partial charge in [-0.1, -0.05) is 79.7 Å². The number of hydrogen-bond acceptors (Lipinski definition) is 2. The number of nitrogens with zero attached hydrogens (tertiary/aromatic N) is 2. The van der Waals surface area contributed by atoms with Gasteiger partial charge in [0.05, 0.1) is 5.56 Å². The quantitative estimate of drug-likeness (QED) is 0.367. The Labute approximate surface area is 202 Å². The molecule has 2 amide bonds. The van der Waals surface area contributed by atoms with Crippen molar-refractivity contribution in [3.8, 4) is 0 Å². The Bertz CT molecular complexity index is 1060. The van der Waals surface area contributed by atoms with Crippen LogP contribution in [0.4, 0.5) is 4.39 Å². The zero-order valence-electron chi connectivity index (χ0n) is 20.0. The average Bonchev–Trinajstić information content (AvgIpc) is 2.87. The third kappa shape index (κ3) is 7.01. The van der Waals surface area contributed by atoms with Crippen LogP contribution >= 0.6 is 0 Å². The SMILES string of the molecule is CCC(C)N(CCC(=O)N(CCc1ccccc1)Cc1ccccc1)C(=O)c1ccccc1F. The second-order valence-corrected chi connectivity index (χ2v) is 8.52. The van der Waals surface area contributed by atoms with Crippen LogP contribution in [0, 0.1) is 5.82 Å². The highest BCUT2D eigenvalue weighted by atomic mass is 19.1. The minimum absolute atomic E-state index is 0.0191. The number of amides is 2. The average molecular weight is 461 g/mol. The van der Waals surface area contributed by atoms with Crippen molar-refractivity contribution in [3.05, 3.63) is 107 Å². The normalized spacial score (nSPS) is 11.6. The maximum atomic E-state index is 14.3. The van der Waals surface area contributed by atoms with Crippen LogP contribution in [0.15, 0.2) is 84.9 Å². The Morgan fingerprint density at radius 1 is 0.824 bits per heavy atom. The molecule has 0 fully saturated rings. The molecular formula is C29H33FN2O2. The van der Waals surface area contributed by atoms with Gasteiger partial charge in [-0.2, -0.15) is 0 Å². The number of hydrogen-bond donors (Lipinski definition) is 0. The largest absolute Gasteiger partial charge is 0.338 e. The van der Waals surface area contributed by atoms with Crippen LogP contribution in [0.1, 0.15) is 48.2 Å². The molecule has 1 atom stereocenters. The highest BCUT2D eigenvalue weighted by Gasteiger charge is 2.24. The van der Waals surface area contributed by atoms with Crippen LogP contribution in [0.25, 0.3) is 0 Å². The Balaban J connectivity index is 1.72. The lowest BCUT2D eigenvalue weighted by Gasteiger charge is -2.30. The van der Waals surface area contributed by atoms with Crippen LogP contribution in [0.5, 0.6) is 0 Å². The molecule has 0 spiro atoms. The van der Waals surface area contributed by atoms with Gasteiger partial charge in [0.15, 0.2) is 0 Å². The summed E-state index contributed by atoms with van der Waals surface area (Å²) in [6.45, 7) is 5.26. The van der Waals surface area contributed by atoms with Gasteiger partial charge in [0.25, 0.3) is 5.91 Å². The van der Waals surface area contributed by atoms with E-state index in [0.717, 1.165) is 18.4 Å². The molecule has 0 saturated heterocycles. The molecular weight excluding hydrogens is 427 g/mol. The summed E-state index contributed by atoms with van der Waals surface area (Å²) >= 11 is 0. The Hall–Kier alpha value is -3.47. The summed E-state index contributed by atoms with van der Waals surface area (Å²) in [7, 11) is 0. The first-order valence-corrected chi connectivity index (χ1v) is 11.9. The smallest absolute Gasteiger partial charge is 0.257 e. The Kier molecular flexibility index (Phi) is 9.39. The van der Waals surface area contributed by atoms with Crippen molar-refractivity contribution in [3.63, 3.8) is 0 Å². The molecule has 3 aromatic rings. The maximum Gasteiger partial charge on any atom is 0.257 e. The monoisotopic (exact) mass is 460 g/mol. The number of carbonyl (C=O) groups excluding carboxylic acids is 2. The van der Waals surface area contributed by atoms with Crippen molar-refractivity contribution >= 4 is 11.8 Å². The van der Waals surface area contributed by atoms with Crippen molar-refractivity contribution < 1.29 is 14.0 Å². The van der Waals surface area contributed by atoms with Gasteiger partial charge in [-0.25, -0.2) is 4.39 Å². The number of benzene rings is 3. The van der Waals surface area contributed by atoms with E-state index >= 15 is 0 Å². The first-order valence-electron chi connectivity index (χ1n) is 11.9. The molecule has 0 bridgehead atoms. The van der Waals surface area contributed by atoms with E-state index in [4.69, 9.17) is 0 Å². The molecule has 0 N–H and O–H groups in total. The molecule has 1 unspecified atom stereocenters. The summed E-state index contributed by atoms with van der Waals surface area (Å²) in [5.74, 6) is -0.936. The van der Waals surface area contributed by atoms with E-state index in [-0.39, 0.29) is 36.4 Å². The van der Waals surface area contributed by atoms with Crippen molar-refractivity contribution in [2.75, 3.05) is 13.1 Å². The lowest BCUT2D eigenvalue weighted by molar-refractivity contribution is -0.132. The highest BCUT2D eigenvalue weighted by molar-refractivity contribution is 5.95. The number of halogens is 1. The van der Waals surface area contributed by atoms with Crippen LogP contribution in [-0.4, -0.2) is 40.7 Å². The van der Waals surface area contributed by atoms with Crippen molar-refractivity contribution in [2.24, 2.45) is 0 Å². The van der Waals surface area contributed by atoms with E-state index in [0.29, 0.717) is 13.1 Å². The Morgan fingerprint density at radius 2 is 1.41 bits per heavy atom. The van der Waals surface area contributed by atoms with Gasteiger partial charge < -0.3 is 9.80 Å². The standard InChI is InChI=1S/C29H33FN2O2/c1-3-23(2)32(29(34)26-16-10-11-17-27(26)30)21-19-28(33)31(22-25-14-8-5-9-15-25)20-18-24-12-6-4-7-13-24/h4-17,23H,3,18-22H2,1-2H3. The molecule has 0 radical (unpaired) electrons. The summed E-state index contributed by atoms with van der Waals surface area (Å²) in [5.41, 5.74) is 2.27. The van der Waals surface area contributed by atoms with E-state index in [1.54, 1.807) is 17.0 Å². The molecule has 178 valence electrons. The van der Waals surface area contributed by atoms with Crippen molar-refractivity contribution in [1.29, 1.82) is 0 Å². The lowest BCUT2D eigenvalue weighted by Crippen LogP contribution is -2.42. The van der Waals surface area contributed by atoms with E-state index < -0.39 is 5.82 Å². The van der Waals surface area contributed by atoms with E-state index in [2.05, 4.69) is 12.1 Å². The van der Waals surface area contributed by atoms with Gasteiger partial charge in [0.1, 0.15) is 5.82 Å². The van der Waals surface area contributed by atoms with Gasteiger partial charge in [-0.3, -0.25) is 9.59 Å². The second kappa shape index (κ2) is 12.7. The van der Waals surface area contributed by atoms with E-state index in [1.165, 1.54) is 17.7 Å². The predicted octanol–water partition coefficient (Wildman–Crippen LogP) is 5.73.